The molecule has 0 bridgehead atoms. The fourth-order valence-corrected chi connectivity index (χ4v) is 2.50. The van der Waals surface area contributed by atoms with E-state index < -0.39 is 0 Å². The van der Waals surface area contributed by atoms with Crippen molar-refractivity contribution < 1.29 is 4.79 Å². The van der Waals surface area contributed by atoms with Crippen molar-refractivity contribution >= 4 is 11.6 Å². The van der Waals surface area contributed by atoms with Gasteiger partial charge in [0.05, 0.1) is 6.54 Å². The van der Waals surface area contributed by atoms with Crippen molar-refractivity contribution in [1.82, 2.24) is 4.90 Å². The highest BCUT2D eigenvalue weighted by Gasteiger charge is 2.23. The topological polar surface area (TPSA) is 49.6 Å². The van der Waals surface area contributed by atoms with Gasteiger partial charge in [0.25, 0.3) is 0 Å². The van der Waals surface area contributed by atoms with Gasteiger partial charge in [-0.1, -0.05) is 12.1 Å². The van der Waals surface area contributed by atoms with Crippen LogP contribution in [-0.2, 0) is 11.2 Å². The molecule has 1 aliphatic rings. The molecule has 2 N–H and O–H groups in total. The number of likely N-dealkylation sites (N-methyl/N-ethyl adjacent to an activating group) is 1. The second-order valence-electron chi connectivity index (χ2n) is 5.95. The molecule has 110 valence electrons. The van der Waals surface area contributed by atoms with Crippen LogP contribution < -0.4 is 10.6 Å². The van der Waals surface area contributed by atoms with Gasteiger partial charge in [-0.15, -0.1) is 0 Å². The summed E-state index contributed by atoms with van der Waals surface area (Å²) < 4.78 is 0. The Balaban J connectivity index is 2.11. The third-order valence-electron chi connectivity index (χ3n) is 4.12. The summed E-state index contributed by atoms with van der Waals surface area (Å²) in [7, 11) is 1.86. The van der Waals surface area contributed by atoms with Gasteiger partial charge in [-0.25, -0.2) is 0 Å². The standard InChI is InChI=1S/C16H25N3O/c1-11(2)18(4)16(20)10-19-8-7-14-9-13(12(3)17)5-6-15(14)19/h5-6,9,11-12H,7-8,10,17H2,1-4H3. The number of hydrogen-bond donors (Lipinski definition) is 1. The van der Waals surface area contributed by atoms with Crippen molar-refractivity contribution in [2.45, 2.75) is 39.3 Å². The number of nitrogens with zero attached hydrogens (tertiary/aromatic N) is 2. The van der Waals surface area contributed by atoms with Crippen LogP contribution in [0.15, 0.2) is 18.2 Å². The largest absolute Gasteiger partial charge is 0.362 e. The van der Waals surface area contributed by atoms with E-state index in [1.807, 2.05) is 27.8 Å². The van der Waals surface area contributed by atoms with Crippen LogP contribution in [0.3, 0.4) is 0 Å². The van der Waals surface area contributed by atoms with Crippen molar-refractivity contribution in [3.8, 4) is 0 Å². The van der Waals surface area contributed by atoms with Crippen LogP contribution >= 0.6 is 0 Å². The van der Waals surface area contributed by atoms with E-state index in [1.165, 1.54) is 11.3 Å². The van der Waals surface area contributed by atoms with Gasteiger partial charge in [0.2, 0.25) is 5.91 Å². The fraction of sp³-hybridized carbons (Fsp3) is 0.562. The lowest BCUT2D eigenvalue weighted by atomic mass is 10.0. The van der Waals surface area contributed by atoms with Crippen LogP contribution in [-0.4, -0.2) is 37.0 Å². The van der Waals surface area contributed by atoms with E-state index in [1.54, 1.807) is 4.90 Å². The quantitative estimate of drug-likeness (QED) is 0.913. The summed E-state index contributed by atoms with van der Waals surface area (Å²) in [5.41, 5.74) is 9.57. The molecule has 0 saturated carbocycles. The molecule has 1 aromatic rings. The van der Waals surface area contributed by atoms with Gasteiger partial charge < -0.3 is 15.5 Å². The number of hydrogen-bond acceptors (Lipinski definition) is 3. The fourth-order valence-electron chi connectivity index (χ4n) is 2.50. The molecular formula is C16H25N3O. The van der Waals surface area contributed by atoms with Crippen LogP contribution in [0.4, 0.5) is 5.69 Å². The molecule has 1 unspecified atom stereocenters. The molecule has 20 heavy (non-hydrogen) atoms. The van der Waals surface area contributed by atoms with Crippen LogP contribution in [0.25, 0.3) is 0 Å². The lowest BCUT2D eigenvalue weighted by Crippen LogP contribution is -2.41. The number of fused-ring (bicyclic) bond motifs is 1. The minimum atomic E-state index is 0.0584. The number of benzene rings is 1. The Kier molecular flexibility index (Phi) is 4.33. The number of carbonyl (C=O) groups excluding carboxylic acids is 1. The summed E-state index contributed by atoms with van der Waals surface area (Å²) >= 11 is 0. The van der Waals surface area contributed by atoms with Crippen molar-refractivity contribution in [1.29, 1.82) is 0 Å². The van der Waals surface area contributed by atoms with Crippen molar-refractivity contribution in [3.63, 3.8) is 0 Å². The molecule has 1 amide bonds. The van der Waals surface area contributed by atoms with Gasteiger partial charge in [-0.3, -0.25) is 4.79 Å². The molecule has 0 fully saturated rings. The molecule has 0 aromatic heterocycles. The zero-order valence-corrected chi connectivity index (χ0v) is 12.9. The highest BCUT2D eigenvalue weighted by Crippen LogP contribution is 2.30. The van der Waals surface area contributed by atoms with E-state index in [0.29, 0.717) is 6.54 Å². The van der Waals surface area contributed by atoms with Crippen molar-refractivity contribution in [2.75, 3.05) is 25.0 Å². The lowest BCUT2D eigenvalue weighted by Gasteiger charge is -2.26. The number of nitrogens with two attached hydrogens (primary N) is 1. The summed E-state index contributed by atoms with van der Waals surface area (Å²) in [4.78, 5) is 16.2. The third kappa shape index (κ3) is 2.96. The molecule has 0 spiro atoms. The molecule has 0 aliphatic carbocycles. The second-order valence-corrected chi connectivity index (χ2v) is 5.95. The minimum Gasteiger partial charge on any atom is -0.362 e. The maximum Gasteiger partial charge on any atom is 0.242 e. The Hall–Kier alpha value is -1.55. The molecule has 4 heteroatoms. The molecule has 4 nitrogen and oxygen atoms in total. The minimum absolute atomic E-state index is 0.0584. The molecule has 1 aromatic carbocycles. The summed E-state index contributed by atoms with van der Waals surface area (Å²) in [6.07, 6.45) is 0.995. The normalized spacial score (nSPS) is 15.4. The summed E-state index contributed by atoms with van der Waals surface area (Å²) in [6, 6.07) is 6.65. The van der Waals surface area contributed by atoms with Gasteiger partial charge in [-0.05, 0) is 44.4 Å². The maximum absolute atomic E-state index is 12.2. The van der Waals surface area contributed by atoms with Crippen LogP contribution in [0.5, 0.6) is 0 Å². The Labute approximate surface area is 121 Å². The Morgan fingerprint density at radius 3 is 2.70 bits per heavy atom. The average molecular weight is 275 g/mol. The smallest absolute Gasteiger partial charge is 0.242 e. The van der Waals surface area contributed by atoms with Crippen molar-refractivity contribution in [2.24, 2.45) is 5.73 Å². The molecule has 2 rings (SSSR count). The SMILES string of the molecule is CC(N)c1ccc2c(c1)CCN2CC(=O)N(C)C(C)C. The predicted molar refractivity (Wildman–Crippen MR) is 82.9 cm³/mol. The number of rotatable bonds is 4. The molecule has 0 radical (unpaired) electrons. The maximum atomic E-state index is 12.2. The van der Waals surface area contributed by atoms with Gasteiger partial charge in [0.15, 0.2) is 0 Å². The second kappa shape index (κ2) is 5.83. The first kappa shape index (κ1) is 14.9. The number of anilines is 1. The first-order valence-corrected chi connectivity index (χ1v) is 7.29. The van der Waals surface area contributed by atoms with E-state index in [0.717, 1.165) is 18.5 Å². The zero-order valence-electron chi connectivity index (χ0n) is 12.9. The van der Waals surface area contributed by atoms with E-state index in [2.05, 4.69) is 23.1 Å². The van der Waals surface area contributed by atoms with Crippen LogP contribution in [0, 0.1) is 0 Å². The monoisotopic (exact) mass is 275 g/mol. The first-order valence-electron chi connectivity index (χ1n) is 7.29. The summed E-state index contributed by atoms with van der Waals surface area (Å²) in [5.74, 6) is 0.170. The van der Waals surface area contributed by atoms with Crippen LogP contribution in [0.2, 0.25) is 0 Å². The van der Waals surface area contributed by atoms with Gasteiger partial charge in [0, 0.05) is 31.4 Å². The first-order chi connectivity index (χ1) is 9.40. The van der Waals surface area contributed by atoms with Gasteiger partial charge >= 0.3 is 0 Å². The molecule has 1 atom stereocenters. The van der Waals surface area contributed by atoms with E-state index in [9.17, 15) is 4.79 Å². The van der Waals surface area contributed by atoms with Crippen LogP contribution in [0.1, 0.15) is 37.9 Å². The highest BCUT2D eigenvalue weighted by molar-refractivity contribution is 5.82. The summed E-state index contributed by atoms with van der Waals surface area (Å²) in [5, 5.41) is 0. The number of carbonyl (C=O) groups is 1. The molecule has 0 saturated heterocycles. The Morgan fingerprint density at radius 1 is 1.40 bits per heavy atom. The van der Waals surface area contributed by atoms with E-state index in [4.69, 9.17) is 5.73 Å². The van der Waals surface area contributed by atoms with E-state index >= 15 is 0 Å². The van der Waals surface area contributed by atoms with Gasteiger partial charge in [-0.2, -0.15) is 0 Å². The lowest BCUT2D eigenvalue weighted by molar-refractivity contribution is -0.129. The van der Waals surface area contributed by atoms with E-state index in [-0.39, 0.29) is 18.0 Å². The molecular weight excluding hydrogens is 250 g/mol. The third-order valence-corrected chi connectivity index (χ3v) is 4.12. The molecule has 1 aliphatic heterocycles. The summed E-state index contributed by atoms with van der Waals surface area (Å²) in [6.45, 7) is 7.43. The predicted octanol–water partition coefficient (Wildman–Crippen LogP) is 1.94. The average Bonchev–Trinajstić information content (AvgIpc) is 2.80. The zero-order chi connectivity index (χ0) is 14.9. The Bertz CT molecular complexity index is 496. The van der Waals surface area contributed by atoms with Gasteiger partial charge in [0.1, 0.15) is 0 Å². The number of amides is 1. The van der Waals surface area contributed by atoms with Crippen molar-refractivity contribution in [3.05, 3.63) is 29.3 Å². The molecule has 1 heterocycles. The Morgan fingerprint density at radius 2 is 2.10 bits per heavy atom. The highest BCUT2D eigenvalue weighted by atomic mass is 16.2.